The minimum Gasteiger partial charge on any atom is -0.456 e. The van der Waals surface area contributed by atoms with Crippen LogP contribution >= 0.6 is 12.2 Å². The Morgan fingerprint density at radius 2 is 1.68 bits per heavy atom. The van der Waals surface area contributed by atoms with Crippen LogP contribution in [0, 0.1) is 0 Å². The van der Waals surface area contributed by atoms with Gasteiger partial charge in [-0.2, -0.15) is 5.10 Å². The summed E-state index contributed by atoms with van der Waals surface area (Å²) in [5.74, 6) is -0.557. The number of benzene rings is 2. The van der Waals surface area contributed by atoms with Crippen LogP contribution in [-0.4, -0.2) is 16.8 Å². The largest absolute Gasteiger partial charge is 0.456 e. The van der Waals surface area contributed by atoms with Crippen LogP contribution in [0.5, 0.6) is 0 Å². The molecule has 0 aliphatic heterocycles. The fraction of sp³-hybridized carbons (Fsp3) is 0.0625. The van der Waals surface area contributed by atoms with Gasteiger partial charge < -0.3 is 10.5 Å². The summed E-state index contributed by atoms with van der Waals surface area (Å²) in [6.45, 7) is 0.165. The molecular formula is C16H15N3O2S. The number of nitrogens with zero attached hydrogens (tertiary/aromatic N) is 1. The van der Waals surface area contributed by atoms with Gasteiger partial charge in [-0.05, 0) is 17.8 Å². The van der Waals surface area contributed by atoms with Gasteiger partial charge in [0.05, 0.1) is 0 Å². The Morgan fingerprint density at radius 1 is 1.09 bits per heavy atom. The van der Waals surface area contributed by atoms with Crippen molar-refractivity contribution in [1.82, 2.24) is 5.43 Å². The Hall–Kier alpha value is -2.73. The minimum atomic E-state index is -0.557. The van der Waals surface area contributed by atoms with Crippen molar-refractivity contribution in [2.75, 3.05) is 0 Å². The SMILES string of the molecule is NC(=S)NN=C(C(=O)OCc1ccccc1)c1ccccc1. The molecule has 0 saturated heterocycles. The molecule has 0 saturated carbocycles. The summed E-state index contributed by atoms with van der Waals surface area (Å²) < 4.78 is 5.28. The lowest BCUT2D eigenvalue weighted by molar-refractivity contribution is -0.136. The van der Waals surface area contributed by atoms with Gasteiger partial charge in [-0.25, -0.2) is 4.79 Å². The van der Waals surface area contributed by atoms with Crippen molar-refractivity contribution in [1.29, 1.82) is 0 Å². The van der Waals surface area contributed by atoms with Crippen LogP contribution in [0.4, 0.5) is 0 Å². The van der Waals surface area contributed by atoms with E-state index in [1.165, 1.54) is 0 Å². The van der Waals surface area contributed by atoms with Crippen molar-refractivity contribution in [3.63, 3.8) is 0 Å². The summed E-state index contributed by atoms with van der Waals surface area (Å²) in [6, 6.07) is 18.4. The Balaban J connectivity index is 2.12. The van der Waals surface area contributed by atoms with E-state index in [0.717, 1.165) is 5.56 Å². The maximum absolute atomic E-state index is 12.3. The van der Waals surface area contributed by atoms with Gasteiger partial charge in [0.1, 0.15) is 6.61 Å². The Bertz CT molecular complexity index is 672. The van der Waals surface area contributed by atoms with Crippen LogP contribution in [0.15, 0.2) is 65.8 Å². The number of hydrogen-bond donors (Lipinski definition) is 2. The van der Waals surface area contributed by atoms with Crippen molar-refractivity contribution in [2.24, 2.45) is 10.8 Å². The van der Waals surface area contributed by atoms with Gasteiger partial charge >= 0.3 is 5.97 Å². The van der Waals surface area contributed by atoms with Gasteiger partial charge in [-0.3, -0.25) is 5.43 Å². The first-order valence-electron chi connectivity index (χ1n) is 6.56. The second-order valence-corrected chi connectivity index (χ2v) is 4.80. The van der Waals surface area contributed by atoms with E-state index < -0.39 is 5.97 Å². The predicted octanol–water partition coefficient (Wildman–Crippen LogP) is 1.97. The summed E-state index contributed by atoms with van der Waals surface area (Å²) >= 11 is 4.70. The molecule has 0 fully saturated rings. The topological polar surface area (TPSA) is 76.7 Å². The lowest BCUT2D eigenvalue weighted by atomic mass is 10.1. The fourth-order valence-corrected chi connectivity index (χ4v) is 1.77. The van der Waals surface area contributed by atoms with Crippen LogP contribution in [0.3, 0.4) is 0 Å². The van der Waals surface area contributed by atoms with Crippen molar-refractivity contribution in [2.45, 2.75) is 6.61 Å². The molecule has 2 aromatic carbocycles. The molecule has 0 spiro atoms. The number of hydrazone groups is 1. The van der Waals surface area contributed by atoms with E-state index in [4.69, 9.17) is 22.7 Å². The van der Waals surface area contributed by atoms with Crippen molar-refractivity contribution in [3.05, 3.63) is 71.8 Å². The maximum Gasteiger partial charge on any atom is 0.359 e. The number of carbonyl (C=O) groups excluding carboxylic acids is 1. The molecule has 3 N–H and O–H groups in total. The highest BCUT2D eigenvalue weighted by Crippen LogP contribution is 2.06. The molecule has 0 atom stereocenters. The van der Waals surface area contributed by atoms with E-state index in [9.17, 15) is 4.79 Å². The molecule has 0 radical (unpaired) electrons. The van der Waals surface area contributed by atoms with Crippen LogP contribution < -0.4 is 11.2 Å². The van der Waals surface area contributed by atoms with Gasteiger partial charge in [0.25, 0.3) is 0 Å². The van der Waals surface area contributed by atoms with Crippen LogP contribution in [0.2, 0.25) is 0 Å². The summed E-state index contributed by atoms with van der Waals surface area (Å²) in [6.07, 6.45) is 0. The zero-order valence-electron chi connectivity index (χ0n) is 11.7. The van der Waals surface area contributed by atoms with Crippen molar-refractivity contribution < 1.29 is 9.53 Å². The van der Waals surface area contributed by atoms with Crippen LogP contribution in [-0.2, 0) is 16.1 Å². The van der Waals surface area contributed by atoms with Crippen LogP contribution in [0.25, 0.3) is 0 Å². The second kappa shape index (κ2) is 7.90. The molecule has 6 heteroatoms. The summed E-state index contributed by atoms with van der Waals surface area (Å²) in [7, 11) is 0. The number of thiocarbonyl (C=S) groups is 1. The van der Waals surface area contributed by atoms with E-state index >= 15 is 0 Å². The Labute approximate surface area is 133 Å². The Kier molecular flexibility index (Phi) is 5.62. The third kappa shape index (κ3) is 4.68. The first-order chi connectivity index (χ1) is 10.7. The predicted molar refractivity (Wildman–Crippen MR) is 89.1 cm³/mol. The number of rotatable bonds is 5. The Morgan fingerprint density at radius 3 is 2.27 bits per heavy atom. The normalized spacial score (nSPS) is 10.8. The first kappa shape index (κ1) is 15.7. The fourth-order valence-electron chi connectivity index (χ4n) is 1.73. The van der Waals surface area contributed by atoms with Gasteiger partial charge in [-0.1, -0.05) is 60.7 Å². The molecule has 0 unspecified atom stereocenters. The van der Waals surface area contributed by atoms with Crippen molar-refractivity contribution >= 4 is 29.0 Å². The molecular weight excluding hydrogens is 298 g/mol. The van der Waals surface area contributed by atoms with E-state index in [2.05, 4.69) is 10.5 Å². The summed E-state index contributed by atoms with van der Waals surface area (Å²) in [5.41, 5.74) is 9.39. The zero-order valence-corrected chi connectivity index (χ0v) is 12.5. The highest BCUT2D eigenvalue weighted by Gasteiger charge is 2.16. The van der Waals surface area contributed by atoms with Gasteiger partial charge in [0.2, 0.25) is 0 Å². The van der Waals surface area contributed by atoms with E-state index in [-0.39, 0.29) is 17.4 Å². The summed E-state index contributed by atoms with van der Waals surface area (Å²) in [5, 5.41) is 3.91. The lowest BCUT2D eigenvalue weighted by Crippen LogP contribution is -2.28. The molecule has 0 aromatic heterocycles. The second-order valence-electron chi connectivity index (χ2n) is 4.36. The number of carbonyl (C=O) groups is 1. The quantitative estimate of drug-likeness (QED) is 0.382. The third-order valence-electron chi connectivity index (χ3n) is 2.73. The average molecular weight is 313 g/mol. The number of hydrogen-bond acceptors (Lipinski definition) is 4. The molecule has 2 rings (SSSR count). The molecule has 5 nitrogen and oxygen atoms in total. The van der Waals surface area contributed by atoms with Crippen LogP contribution in [0.1, 0.15) is 11.1 Å². The molecule has 0 bridgehead atoms. The number of nitrogens with two attached hydrogens (primary N) is 1. The number of nitrogens with one attached hydrogen (secondary N) is 1. The maximum atomic E-state index is 12.3. The smallest absolute Gasteiger partial charge is 0.359 e. The molecule has 0 aliphatic carbocycles. The molecule has 0 aliphatic rings. The summed E-state index contributed by atoms with van der Waals surface area (Å²) in [4.78, 5) is 12.3. The van der Waals surface area contributed by atoms with Gasteiger partial charge in [0, 0.05) is 5.56 Å². The lowest BCUT2D eigenvalue weighted by Gasteiger charge is -2.08. The highest BCUT2D eigenvalue weighted by molar-refractivity contribution is 7.80. The van der Waals surface area contributed by atoms with E-state index in [0.29, 0.717) is 5.56 Å². The number of ether oxygens (including phenoxy) is 1. The minimum absolute atomic E-state index is 0.0238. The zero-order chi connectivity index (χ0) is 15.8. The standard InChI is InChI=1S/C16H15N3O2S/c17-16(22)19-18-14(13-9-5-2-6-10-13)15(20)21-11-12-7-3-1-4-8-12/h1-10H,11H2,(H3,17,19,22). The monoisotopic (exact) mass is 313 g/mol. The molecule has 0 amide bonds. The molecule has 0 heterocycles. The molecule has 112 valence electrons. The van der Waals surface area contributed by atoms with E-state index in [1.54, 1.807) is 24.3 Å². The molecule has 22 heavy (non-hydrogen) atoms. The first-order valence-corrected chi connectivity index (χ1v) is 6.97. The molecule has 2 aromatic rings. The number of esters is 1. The van der Waals surface area contributed by atoms with Crippen molar-refractivity contribution in [3.8, 4) is 0 Å². The van der Waals surface area contributed by atoms with Gasteiger partial charge in [-0.15, -0.1) is 0 Å². The van der Waals surface area contributed by atoms with Gasteiger partial charge in [0.15, 0.2) is 10.8 Å². The van der Waals surface area contributed by atoms with E-state index in [1.807, 2.05) is 36.4 Å². The third-order valence-corrected chi connectivity index (χ3v) is 2.82. The highest BCUT2D eigenvalue weighted by atomic mass is 32.1. The average Bonchev–Trinajstić information content (AvgIpc) is 2.55.